The average Bonchev–Trinajstić information content (AvgIpc) is 3.00. The molecule has 2 aliphatic heterocycles. The van der Waals surface area contributed by atoms with E-state index in [0.29, 0.717) is 12.1 Å². The summed E-state index contributed by atoms with van der Waals surface area (Å²) in [7, 11) is 2.81. The molecule has 164 valence electrons. The summed E-state index contributed by atoms with van der Waals surface area (Å²) >= 11 is 0. The van der Waals surface area contributed by atoms with Gasteiger partial charge in [0.25, 0.3) is 11.6 Å². The first-order valence-corrected chi connectivity index (χ1v) is 10.5. The Morgan fingerprint density at radius 1 is 1.13 bits per heavy atom. The third-order valence-corrected chi connectivity index (χ3v) is 6.35. The van der Waals surface area contributed by atoms with Crippen molar-refractivity contribution in [1.82, 2.24) is 10.2 Å². The molecule has 1 N–H and O–H groups in total. The van der Waals surface area contributed by atoms with E-state index in [1.165, 1.54) is 31.9 Å². The molecule has 2 atom stereocenters. The fraction of sp³-hybridized carbons (Fsp3) is 0.435. The van der Waals surface area contributed by atoms with Gasteiger partial charge in [0.1, 0.15) is 0 Å². The maximum Gasteiger partial charge on any atom is 0.274 e. The molecule has 0 aromatic heterocycles. The van der Waals surface area contributed by atoms with Gasteiger partial charge in [0.05, 0.1) is 30.8 Å². The summed E-state index contributed by atoms with van der Waals surface area (Å²) in [5.41, 5.74) is 1.21. The molecular formula is C23H27N3O5. The predicted molar refractivity (Wildman–Crippen MR) is 115 cm³/mol. The lowest BCUT2D eigenvalue weighted by Gasteiger charge is -2.39. The summed E-state index contributed by atoms with van der Waals surface area (Å²) < 4.78 is 10.5. The van der Waals surface area contributed by atoms with Crippen molar-refractivity contribution in [2.45, 2.75) is 50.4 Å². The second-order valence-electron chi connectivity index (χ2n) is 8.17. The van der Waals surface area contributed by atoms with E-state index in [-0.39, 0.29) is 34.7 Å². The molecular weight excluding hydrogens is 398 g/mol. The van der Waals surface area contributed by atoms with E-state index in [0.717, 1.165) is 32.2 Å². The van der Waals surface area contributed by atoms with Gasteiger partial charge in [-0.25, -0.2) is 0 Å². The molecule has 4 rings (SSSR count). The van der Waals surface area contributed by atoms with Crippen LogP contribution >= 0.6 is 0 Å². The van der Waals surface area contributed by atoms with Crippen molar-refractivity contribution in [2.75, 3.05) is 14.2 Å². The first-order valence-electron chi connectivity index (χ1n) is 10.5. The second kappa shape index (κ2) is 8.93. The third-order valence-electron chi connectivity index (χ3n) is 6.35. The Morgan fingerprint density at radius 2 is 1.81 bits per heavy atom. The van der Waals surface area contributed by atoms with Crippen LogP contribution in [0, 0.1) is 10.1 Å². The van der Waals surface area contributed by atoms with Gasteiger partial charge in [-0.15, -0.1) is 0 Å². The number of rotatable bonds is 7. The maximum atomic E-state index is 13.1. The fourth-order valence-corrected chi connectivity index (χ4v) is 4.93. The molecule has 0 spiro atoms. The number of nitro benzene ring substituents is 1. The zero-order valence-corrected chi connectivity index (χ0v) is 17.7. The summed E-state index contributed by atoms with van der Waals surface area (Å²) in [5.74, 6) is -0.00514. The van der Waals surface area contributed by atoms with E-state index in [4.69, 9.17) is 9.47 Å². The van der Waals surface area contributed by atoms with Crippen LogP contribution in [0.2, 0.25) is 0 Å². The molecule has 2 heterocycles. The number of non-ortho nitro benzene ring substituents is 1. The van der Waals surface area contributed by atoms with E-state index >= 15 is 0 Å². The average molecular weight is 425 g/mol. The monoisotopic (exact) mass is 425 g/mol. The molecule has 2 saturated heterocycles. The summed E-state index contributed by atoms with van der Waals surface area (Å²) in [6.45, 7) is 0.923. The maximum absolute atomic E-state index is 13.1. The second-order valence-corrected chi connectivity index (χ2v) is 8.17. The molecule has 2 unspecified atom stereocenters. The Bertz CT molecular complexity index is 951. The quantitative estimate of drug-likeness (QED) is 0.539. The molecule has 31 heavy (non-hydrogen) atoms. The van der Waals surface area contributed by atoms with Crippen molar-refractivity contribution in [1.29, 1.82) is 0 Å². The zero-order valence-electron chi connectivity index (χ0n) is 17.7. The SMILES string of the molecule is COc1cc([N+](=O)[O-])cc(C(=O)NC2CC3CCC(C2)N3Cc2ccccc2)c1OC. The number of carbonyl (C=O) groups excluding carboxylic acids is 1. The molecule has 2 bridgehead atoms. The molecule has 1 amide bonds. The highest BCUT2D eigenvalue weighted by molar-refractivity contribution is 5.98. The lowest BCUT2D eigenvalue weighted by molar-refractivity contribution is -0.385. The lowest BCUT2D eigenvalue weighted by atomic mass is 9.96. The van der Waals surface area contributed by atoms with Gasteiger partial charge in [-0.05, 0) is 31.2 Å². The number of hydrogen-bond acceptors (Lipinski definition) is 6. The number of carbonyl (C=O) groups is 1. The fourth-order valence-electron chi connectivity index (χ4n) is 4.93. The smallest absolute Gasteiger partial charge is 0.274 e. The standard InChI is InChI=1S/C23H27N3O5/c1-30-21-13-19(26(28)29)12-20(22(21)31-2)23(27)24-16-10-17-8-9-18(11-16)25(17)14-15-6-4-3-5-7-15/h3-7,12-13,16-18H,8-11,14H2,1-2H3,(H,24,27). The molecule has 2 fully saturated rings. The molecule has 2 aromatic rings. The topological polar surface area (TPSA) is 93.9 Å². The van der Waals surface area contributed by atoms with Crippen molar-refractivity contribution in [3.63, 3.8) is 0 Å². The minimum atomic E-state index is -0.541. The number of fused-ring (bicyclic) bond motifs is 2. The van der Waals surface area contributed by atoms with Crippen molar-refractivity contribution in [2.24, 2.45) is 0 Å². The van der Waals surface area contributed by atoms with Gasteiger partial charge < -0.3 is 14.8 Å². The Balaban J connectivity index is 1.48. The highest BCUT2D eigenvalue weighted by Crippen LogP contribution is 2.38. The molecule has 2 aliphatic rings. The van der Waals surface area contributed by atoms with Crippen LogP contribution in [0.1, 0.15) is 41.6 Å². The van der Waals surface area contributed by atoms with Gasteiger partial charge in [-0.2, -0.15) is 0 Å². The van der Waals surface area contributed by atoms with Crippen LogP contribution in [0.4, 0.5) is 5.69 Å². The number of amides is 1. The van der Waals surface area contributed by atoms with Gasteiger partial charge >= 0.3 is 0 Å². The van der Waals surface area contributed by atoms with Crippen LogP contribution in [0.25, 0.3) is 0 Å². The highest BCUT2D eigenvalue weighted by atomic mass is 16.6. The van der Waals surface area contributed by atoms with E-state index in [1.54, 1.807) is 0 Å². The number of nitrogens with one attached hydrogen (secondary N) is 1. The predicted octanol–water partition coefficient (Wildman–Crippen LogP) is 3.54. The van der Waals surface area contributed by atoms with Crippen molar-refractivity contribution in [3.05, 3.63) is 63.7 Å². The number of nitrogens with zero attached hydrogens (tertiary/aromatic N) is 2. The van der Waals surface area contributed by atoms with Crippen molar-refractivity contribution in [3.8, 4) is 11.5 Å². The molecule has 8 heteroatoms. The van der Waals surface area contributed by atoms with Gasteiger partial charge in [-0.1, -0.05) is 30.3 Å². The van der Waals surface area contributed by atoms with Crippen LogP contribution in [0.5, 0.6) is 11.5 Å². The molecule has 8 nitrogen and oxygen atoms in total. The largest absolute Gasteiger partial charge is 0.493 e. The van der Waals surface area contributed by atoms with Crippen LogP contribution in [0.15, 0.2) is 42.5 Å². The summed E-state index contributed by atoms with van der Waals surface area (Å²) in [6, 6.07) is 13.8. The summed E-state index contributed by atoms with van der Waals surface area (Å²) in [4.78, 5) is 26.4. The molecule has 0 saturated carbocycles. The van der Waals surface area contributed by atoms with Crippen LogP contribution in [-0.4, -0.2) is 48.1 Å². The van der Waals surface area contributed by atoms with E-state index < -0.39 is 4.92 Å². The first-order chi connectivity index (χ1) is 15.0. The van der Waals surface area contributed by atoms with Crippen LogP contribution in [0.3, 0.4) is 0 Å². The lowest BCUT2D eigenvalue weighted by Crippen LogP contribution is -2.50. The van der Waals surface area contributed by atoms with E-state index in [2.05, 4.69) is 34.5 Å². The molecule has 2 aromatic carbocycles. The van der Waals surface area contributed by atoms with Gasteiger partial charge in [0.2, 0.25) is 0 Å². The third kappa shape index (κ3) is 4.34. The summed E-state index contributed by atoms with van der Waals surface area (Å²) in [6.07, 6.45) is 3.97. The number of ether oxygens (including phenoxy) is 2. The number of nitro groups is 1. The Hall–Kier alpha value is -3.13. The number of hydrogen-bond donors (Lipinski definition) is 1. The molecule has 0 aliphatic carbocycles. The molecule has 0 radical (unpaired) electrons. The van der Waals surface area contributed by atoms with Crippen LogP contribution in [-0.2, 0) is 6.54 Å². The number of piperidine rings is 1. The summed E-state index contributed by atoms with van der Waals surface area (Å²) in [5, 5.41) is 14.4. The van der Waals surface area contributed by atoms with E-state index in [1.807, 2.05) is 6.07 Å². The zero-order chi connectivity index (χ0) is 22.0. The van der Waals surface area contributed by atoms with Crippen molar-refractivity contribution < 1.29 is 19.2 Å². The van der Waals surface area contributed by atoms with Crippen molar-refractivity contribution >= 4 is 11.6 Å². The Labute approximate surface area is 181 Å². The van der Waals surface area contributed by atoms with Crippen LogP contribution < -0.4 is 14.8 Å². The first kappa shape index (κ1) is 21.1. The minimum Gasteiger partial charge on any atom is -0.493 e. The number of benzene rings is 2. The number of methoxy groups -OCH3 is 2. The Kier molecular flexibility index (Phi) is 6.08. The van der Waals surface area contributed by atoms with Gasteiger partial charge in [0, 0.05) is 30.7 Å². The van der Waals surface area contributed by atoms with Gasteiger partial charge in [-0.3, -0.25) is 19.8 Å². The normalized spacial score (nSPS) is 22.7. The Morgan fingerprint density at radius 3 is 2.39 bits per heavy atom. The highest BCUT2D eigenvalue weighted by Gasteiger charge is 2.41. The van der Waals surface area contributed by atoms with E-state index in [9.17, 15) is 14.9 Å². The van der Waals surface area contributed by atoms with Gasteiger partial charge in [0.15, 0.2) is 11.5 Å². The minimum absolute atomic E-state index is 0.0204.